The largest absolute Gasteiger partial charge is 0.372 e. The van der Waals surface area contributed by atoms with Crippen molar-refractivity contribution in [3.05, 3.63) is 71.2 Å². The summed E-state index contributed by atoms with van der Waals surface area (Å²) in [6.07, 6.45) is 3.71. The third kappa shape index (κ3) is 3.25. The van der Waals surface area contributed by atoms with E-state index in [1.165, 1.54) is 28.2 Å². The molecule has 1 aliphatic rings. The summed E-state index contributed by atoms with van der Waals surface area (Å²) >= 11 is 0. The number of aromatic nitrogens is 1. The Morgan fingerprint density at radius 1 is 1.18 bits per heavy atom. The highest BCUT2D eigenvalue weighted by Gasteiger charge is 2.35. The summed E-state index contributed by atoms with van der Waals surface area (Å²) in [5.74, 6) is -0.177. The molecule has 0 bridgehead atoms. The van der Waals surface area contributed by atoms with Gasteiger partial charge < -0.3 is 9.72 Å². The van der Waals surface area contributed by atoms with Crippen molar-refractivity contribution in [1.29, 1.82) is 0 Å². The summed E-state index contributed by atoms with van der Waals surface area (Å²) in [5, 5.41) is 1.31. The number of H-pyrrole nitrogens is 1. The quantitative estimate of drug-likeness (QED) is 0.606. The average molecular weight is 381 g/mol. The summed E-state index contributed by atoms with van der Waals surface area (Å²) in [7, 11) is 4.18. The number of nitrogens with zero attached hydrogens (tertiary/aromatic N) is 1. The Kier molecular flexibility index (Phi) is 5.26. The molecule has 1 aromatic heterocycles. The second-order valence-corrected chi connectivity index (χ2v) is 8.00. The van der Waals surface area contributed by atoms with E-state index in [1.807, 2.05) is 12.1 Å². The van der Waals surface area contributed by atoms with Crippen molar-refractivity contribution >= 4 is 10.9 Å². The minimum absolute atomic E-state index is 0.0515. The van der Waals surface area contributed by atoms with Crippen LogP contribution in [0.2, 0.25) is 0 Å². The highest BCUT2D eigenvalue weighted by Crippen LogP contribution is 2.41. The minimum Gasteiger partial charge on any atom is -0.372 e. The van der Waals surface area contributed by atoms with Gasteiger partial charge in [-0.25, -0.2) is 4.39 Å². The zero-order chi connectivity index (χ0) is 19.7. The van der Waals surface area contributed by atoms with Crippen LogP contribution in [0.3, 0.4) is 0 Å². The number of hydrogen-bond acceptors (Lipinski definition) is 2. The van der Waals surface area contributed by atoms with Gasteiger partial charge >= 0.3 is 0 Å². The number of para-hydroxylation sites is 1. The number of benzene rings is 2. The van der Waals surface area contributed by atoms with Crippen LogP contribution >= 0.6 is 0 Å². The zero-order valence-electron chi connectivity index (χ0n) is 17.0. The number of ether oxygens (including phenoxy) is 1. The number of nitrogens with one attached hydrogen (secondary N) is 1. The second-order valence-electron chi connectivity index (χ2n) is 8.00. The van der Waals surface area contributed by atoms with Crippen LogP contribution < -0.4 is 0 Å². The number of fused-ring (bicyclic) bond motifs is 3. The number of halogens is 1. The summed E-state index contributed by atoms with van der Waals surface area (Å²) in [6.45, 7) is 2.93. The molecule has 0 aliphatic carbocycles. The number of aromatic amines is 1. The molecule has 4 rings (SSSR count). The molecule has 1 N–H and O–H groups in total. The van der Waals surface area contributed by atoms with Crippen molar-refractivity contribution in [1.82, 2.24) is 9.88 Å². The molecule has 0 fully saturated rings. The molecule has 1 aliphatic heterocycles. The Hall–Kier alpha value is -2.17. The Balaban J connectivity index is 1.64. The van der Waals surface area contributed by atoms with E-state index in [1.54, 1.807) is 6.07 Å². The van der Waals surface area contributed by atoms with Crippen LogP contribution in [0, 0.1) is 5.82 Å². The van der Waals surface area contributed by atoms with E-state index in [4.69, 9.17) is 4.74 Å². The third-order valence-electron chi connectivity index (χ3n) is 6.46. The van der Waals surface area contributed by atoms with Gasteiger partial charge in [-0.15, -0.1) is 0 Å². The van der Waals surface area contributed by atoms with Crippen LogP contribution in [-0.4, -0.2) is 30.6 Å². The lowest BCUT2D eigenvalue weighted by Gasteiger charge is -2.41. The summed E-state index contributed by atoms with van der Waals surface area (Å²) in [5.41, 5.74) is 4.62. The number of rotatable bonds is 6. The van der Waals surface area contributed by atoms with E-state index >= 15 is 0 Å². The van der Waals surface area contributed by atoms with Gasteiger partial charge in [0.05, 0.1) is 12.7 Å². The molecule has 0 spiro atoms. The van der Waals surface area contributed by atoms with Gasteiger partial charge in [-0.2, -0.15) is 0 Å². The fourth-order valence-corrected chi connectivity index (χ4v) is 4.85. The lowest BCUT2D eigenvalue weighted by atomic mass is 9.80. The topological polar surface area (TPSA) is 28.3 Å². The highest BCUT2D eigenvalue weighted by molar-refractivity contribution is 5.85. The lowest BCUT2D eigenvalue weighted by Crippen LogP contribution is -2.41. The van der Waals surface area contributed by atoms with Gasteiger partial charge in [-0.1, -0.05) is 37.3 Å². The van der Waals surface area contributed by atoms with Crippen molar-refractivity contribution in [2.45, 2.75) is 44.2 Å². The molecule has 0 amide bonds. The standard InChI is InChI=1S/C24H29FN2O/c1-4-24(27(2)3,17-8-7-9-18(25)16-17)14-12-22-23-20(13-15-28-22)19-10-5-6-11-21(19)26-23/h5-11,16,22,26H,4,12-15H2,1-3H3. The predicted molar refractivity (Wildman–Crippen MR) is 112 cm³/mol. The zero-order valence-corrected chi connectivity index (χ0v) is 17.0. The van der Waals surface area contributed by atoms with Crippen molar-refractivity contribution in [2.75, 3.05) is 20.7 Å². The molecule has 148 valence electrons. The molecule has 2 atom stereocenters. The maximum Gasteiger partial charge on any atom is 0.123 e. The van der Waals surface area contributed by atoms with E-state index in [0.717, 1.165) is 37.9 Å². The molecule has 28 heavy (non-hydrogen) atoms. The molecule has 2 unspecified atom stereocenters. The van der Waals surface area contributed by atoms with E-state index < -0.39 is 0 Å². The van der Waals surface area contributed by atoms with Gasteiger partial charge in [0.25, 0.3) is 0 Å². The van der Waals surface area contributed by atoms with E-state index in [2.05, 4.69) is 55.2 Å². The molecule has 2 aromatic carbocycles. The predicted octanol–water partition coefficient (Wildman–Crippen LogP) is 5.57. The molecule has 0 saturated heterocycles. The highest BCUT2D eigenvalue weighted by atomic mass is 19.1. The maximum atomic E-state index is 14.0. The molecule has 4 heteroatoms. The van der Waals surface area contributed by atoms with Crippen LogP contribution in [0.4, 0.5) is 4.39 Å². The van der Waals surface area contributed by atoms with Crippen molar-refractivity contribution < 1.29 is 9.13 Å². The lowest BCUT2D eigenvalue weighted by molar-refractivity contribution is 0.0167. The van der Waals surface area contributed by atoms with E-state index in [9.17, 15) is 4.39 Å². The Bertz CT molecular complexity index is 964. The first-order chi connectivity index (χ1) is 13.5. The first-order valence-electron chi connectivity index (χ1n) is 10.2. The smallest absolute Gasteiger partial charge is 0.123 e. The fraction of sp³-hybridized carbons (Fsp3) is 0.417. The Labute approximate surface area is 166 Å². The van der Waals surface area contributed by atoms with Crippen molar-refractivity contribution in [3.63, 3.8) is 0 Å². The van der Waals surface area contributed by atoms with Crippen LogP contribution in [0.1, 0.15) is 49.1 Å². The monoisotopic (exact) mass is 380 g/mol. The van der Waals surface area contributed by atoms with Gasteiger partial charge in [0.15, 0.2) is 0 Å². The van der Waals surface area contributed by atoms with E-state index in [-0.39, 0.29) is 17.5 Å². The minimum atomic E-state index is -0.213. The summed E-state index contributed by atoms with van der Waals surface area (Å²) in [4.78, 5) is 5.83. The summed E-state index contributed by atoms with van der Waals surface area (Å²) < 4.78 is 20.1. The van der Waals surface area contributed by atoms with Crippen LogP contribution in [0.15, 0.2) is 48.5 Å². The molecule has 2 heterocycles. The van der Waals surface area contributed by atoms with Gasteiger partial charge in [0.2, 0.25) is 0 Å². The molecule has 3 aromatic rings. The van der Waals surface area contributed by atoms with Gasteiger partial charge in [0.1, 0.15) is 5.82 Å². The normalized spacial score (nSPS) is 19.0. The number of hydrogen-bond donors (Lipinski definition) is 1. The molecule has 3 nitrogen and oxygen atoms in total. The molecular weight excluding hydrogens is 351 g/mol. The first-order valence-corrected chi connectivity index (χ1v) is 10.2. The summed E-state index contributed by atoms with van der Waals surface area (Å²) in [6, 6.07) is 15.5. The first kappa shape index (κ1) is 19.2. The van der Waals surface area contributed by atoms with Crippen LogP contribution in [-0.2, 0) is 16.7 Å². The van der Waals surface area contributed by atoms with Gasteiger partial charge in [0, 0.05) is 22.1 Å². The van der Waals surface area contributed by atoms with Crippen LogP contribution in [0.25, 0.3) is 10.9 Å². The van der Waals surface area contributed by atoms with Crippen molar-refractivity contribution in [2.24, 2.45) is 0 Å². The maximum absolute atomic E-state index is 14.0. The average Bonchev–Trinajstić information content (AvgIpc) is 3.08. The van der Waals surface area contributed by atoms with Crippen LogP contribution in [0.5, 0.6) is 0 Å². The Morgan fingerprint density at radius 2 is 2.00 bits per heavy atom. The van der Waals surface area contributed by atoms with Crippen molar-refractivity contribution in [3.8, 4) is 0 Å². The Morgan fingerprint density at radius 3 is 2.75 bits per heavy atom. The van der Waals surface area contributed by atoms with E-state index in [0.29, 0.717) is 0 Å². The molecular formula is C24H29FN2O. The fourth-order valence-electron chi connectivity index (χ4n) is 4.85. The van der Waals surface area contributed by atoms with Gasteiger partial charge in [-0.3, -0.25) is 4.90 Å². The third-order valence-corrected chi connectivity index (χ3v) is 6.46. The van der Waals surface area contributed by atoms with Gasteiger partial charge in [-0.05, 0) is 69.1 Å². The second kappa shape index (κ2) is 7.69. The molecule has 0 radical (unpaired) electrons. The molecule has 0 saturated carbocycles. The SMILES string of the molecule is CCC(CCC1OCCc2c1[nH]c1ccccc21)(c1cccc(F)c1)N(C)C.